The van der Waals surface area contributed by atoms with Gasteiger partial charge in [-0.2, -0.15) is 0 Å². The lowest BCUT2D eigenvalue weighted by molar-refractivity contribution is 0.101. The van der Waals surface area contributed by atoms with E-state index >= 15 is 0 Å². The third kappa shape index (κ3) is 1.66. The molecule has 2 aromatic rings. The normalized spacial score (nSPS) is 10.9. The molecule has 0 amide bonds. The first-order chi connectivity index (χ1) is 7.95. The van der Waals surface area contributed by atoms with E-state index in [4.69, 9.17) is 0 Å². The molecule has 0 aliphatic rings. The molecule has 0 radical (unpaired) electrons. The Kier molecular flexibility index (Phi) is 2.78. The first-order valence-electron chi connectivity index (χ1n) is 5.95. The lowest BCUT2D eigenvalue weighted by Crippen LogP contribution is -2.04. The van der Waals surface area contributed by atoms with E-state index in [9.17, 15) is 4.79 Å². The summed E-state index contributed by atoms with van der Waals surface area (Å²) in [6.45, 7) is 9.98. The van der Waals surface area contributed by atoms with E-state index in [2.05, 4.69) is 32.0 Å². The number of fused-ring (bicyclic) bond motifs is 1. The van der Waals surface area contributed by atoms with Crippen molar-refractivity contribution in [3.8, 4) is 0 Å². The molecular weight excluding hydrogens is 208 g/mol. The topological polar surface area (TPSA) is 17.1 Å². The van der Waals surface area contributed by atoms with Crippen molar-refractivity contribution in [2.75, 3.05) is 0 Å². The smallest absolute Gasteiger partial charge is 0.160 e. The highest BCUT2D eigenvalue weighted by molar-refractivity contribution is 6.04. The number of hydrogen-bond donors (Lipinski definition) is 0. The number of ketones is 1. The molecular formula is C16H18O. The maximum Gasteiger partial charge on any atom is 0.160 e. The summed E-state index contributed by atoms with van der Waals surface area (Å²) < 4.78 is 0. The second kappa shape index (κ2) is 3.99. The molecule has 0 aliphatic heterocycles. The van der Waals surface area contributed by atoms with Gasteiger partial charge in [0.2, 0.25) is 0 Å². The number of aryl methyl sites for hydroxylation is 3. The van der Waals surface area contributed by atoms with Gasteiger partial charge < -0.3 is 0 Å². The summed E-state index contributed by atoms with van der Waals surface area (Å²) >= 11 is 0. The van der Waals surface area contributed by atoms with Crippen molar-refractivity contribution in [1.82, 2.24) is 0 Å². The third-order valence-electron chi connectivity index (χ3n) is 3.72. The fourth-order valence-corrected chi connectivity index (χ4v) is 2.80. The summed E-state index contributed by atoms with van der Waals surface area (Å²) in [6, 6.07) is 6.29. The summed E-state index contributed by atoms with van der Waals surface area (Å²) in [7, 11) is 0. The number of carbonyl (C=O) groups excluding carboxylic acids is 1. The average Bonchev–Trinajstić information content (AvgIpc) is 2.25. The van der Waals surface area contributed by atoms with Crippen LogP contribution >= 0.6 is 0 Å². The molecule has 0 bridgehead atoms. The highest BCUT2D eigenvalue weighted by Gasteiger charge is 2.15. The van der Waals surface area contributed by atoms with Crippen LogP contribution in [0.3, 0.4) is 0 Å². The van der Waals surface area contributed by atoms with Gasteiger partial charge in [0.25, 0.3) is 0 Å². The molecule has 0 aliphatic carbocycles. The lowest BCUT2D eigenvalue weighted by atomic mass is 9.88. The van der Waals surface area contributed by atoms with Gasteiger partial charge in [-0.1, -0.05) is 18.2 Å². The lowest BCUT2D eigenvalue weighted by Gasteiger charge is -2.16. The van der Waals surface area contributed by atoms with E-state index in [1.165, 1.54) is 21.9 Å². The monoisotopic (exact) mass is 226 g/mol. The Morgan fingerprint density at radius 2 is 1.59 bits per heavy atom. The number of rotatable bonds is 1. The van der Waals surface area contributed by atoms with Crippen LogP contribution in [0.2, 0.25) is 0 Å². The molecule has 17 heavy (non-hydrogen) atoms. The minimum absolute atomic E-state index is 0.159. The van der Waals surface area contributed by atoms with Gasteiger partial charge >= 0.3 is 0 Å². The van der Waals surface area contributed by atoms with E-state index < -0.39 is 0 Å². The SMILES string of the molecule is CC(=O)c1c(C)c(C)c2c(C)cccc2c1C. The van der Waals surface area contributed by atoms with Gasteiger partial charge in [-0.25, -0.2) is 0 Å². The van der Waals surface area contributed by atoms with E-state index in [0.717, 1.165) is 16.7 Å². The van der Waals surface area contributed by atoms with Crippen LogP contribution in [0.1, 0.15) is 39.5 Å². The van der Waals surface area contributed by atoms with Gasteiger partial charge in [0.05, 0.1) is 0 Å². The van der Waals surface area contributed by atoms with Gasteiger partial charge in [-0.05, 0) is 67.6 Å². The van der Waals surface area contributed by atoms with Gasteiger partial charge in [0.15, 0.2) is 5.78 Å². The molecule has 0 fully saturated rings. The van der Waals surface area contributed by atoms with Gasteiger partial charge in [-0.3, -0.25) is 4.79 Å². The van der Waals surface area contributed by atoms with Crippen LogP contribution in [-0.2, 0) is 0 Å². The summed E-state index contributed by atoms with van der Waals surface area (Å²) in [5.74, 6) is 0.159. The maximum absolute atomic E-state index is 11.8. The second-order valence-corrected chi connectivity index (χ2v) is 4.80. The molecule has 0 spiro atoms. The Balaban J connectivity index is 3.06. The van der Waals surface area contributed by atoms with Crippen LogP contribution in [0.15, 0.2) is 18.2 Å². The Hall–Kier alpha value is -1.63. The Morgan fingerprint density at radius 3 is 2.18 bits per heavy atom. The summed E-state index contributed by atoms with van der Waals surface area (Å²) in [5.41, 5.74) is 5.63. The van der Waals surface area contributed by atoms with Crippen molar-refractivity contribution in [2.45, 2.75) is 34.6 Å². The Bertz CT molecular complexity index is 621. The minimum Gasteiger partial charge on any atom is -0.294 e. The average molecular weight is 226 g/mol. The largest absolute Gasteiger partial charge is 0.294 e. The van der Waals surface area contributed by atoms with E-state index in [0.29, 0.717) is 0 Å². The predicted octanol–water partition coefficient (Wildman–Crippen LogP) is 4.28. The highest BCUT2D eigenvalue weighted by atomic mass is 16.1. The highest BCUT2D eigenvalue weighted by Crippen LogP contribution is 2.31. The first kappa shape index (κ1) is 11.8. The molecule has 0 unspecified atom stereocenters. The Labute approximate surface area is 102 Å². The molecule has 1 heteroatoms. The molecule has 0 saturated carbocycles. The van der Waals surface area contributed by atoms with Gasteiger partial charge in [-0.15, -0.1) is 0 Å². The quantitative estimate of drug-likeness (QED) is 0.663. The predicted molar refractivity (Wildman–Crippen MR) is 72.9 cm³/mol. The zero-order valence-corrected chi connectivity index (χ0v) is 11.1. The molecule has 1 nitrogen and oxygen atoms in total. The molecule has 0 aromatic heterocycles. The number of carbonyl (C=O) groups is 1. The molecule has 0 atom stereocenters. The van der Waals surface area contributed by atoms with E-state index in [-0.39, 0.29) is 5.78 Å². The summed E-state index contributed by atoms with van der Waals surface area (Å²) in [4.78, 5) is 11.8. The van der Waals surface area contributed by atoms with Crippen molar-refractivity contribution < 1.29 is 4.79 Å². The Morgan fingerprint density at radius 1 is 0.941 bits per heavy atom. The van der Waals surface area contributed by atoms with Crippen molar-refractivity contribution in [1.29, 1.82) is 0 Å². The summed E-state index contributed by atoms with van der Waals surface area (Å²) in [6.07, 6.45) is 0. The molecule has 2 aromatic carbocycles. The molecule has 88 valence electrons. The van der Waals surface area contributed by atoms with Gasteiger partial charge in [0, 0.05) is 5.56 Å². The zero-order chi connectivity index (χ0) is 12.7. The van der Waals surface area contributed by atoms with Gasteiger partial charge in [0.1, 0.15) is 0 Å². The minimum atomic E-state index is 0.159. The standard InChI is InChI=1S/C16H18O/c1-9-7-6-8-14-12(4)16(13(5)17)11(3)10(2)15(9)14/h6-8H,1-5H3. The zero-order valence-electron chi connectivity index (χ0n) is 11.1. The van der Waals surface area contributed by atoms with Crippen LogP contribution in [0.5, 0.6) is 0 Å². The second-order valence-electron chi connectivity index (χ2n) is 4.80. The summed E-state index contributed by atoms with van der Waals surface area (Å²) in [5, 5.41) is 2.51. The molecule has 2 rings (SSSR count). The number of hydrogen-bond acceptors (Lipinski definition) is 1. The van der Waals surface area contributed by atoms with Crippen LogP contribution in [-0.4, -0.2) is 5.78 Å². The van der Waals surface area contributed by atoms with Crippen molar-refractivity contribution in [2.24, 2.45) is 0 Å². The first-order valence-corrected chi connectivity index (χ1v) is 5.95. The van der Waals surface area contributed by atoms with Crippen LogP contribution < -0.4 is 0 Å². The van der Waals surface area contributed by atoms with Crippen molar-refractivity contribution in [3.63, 3.8) is 0 Å². The fraction of sp³-hybridized carbons (Fsp3) is 0.312. The maximum atomic E-state index is 11.8. The fourth-order valence-electron chi connectivity index (χ4n) is 2.80. The molecule has 0 N–H and O–H groups in total. The third-order valence-corrected chi connectivity index (χ3v) is 3.72. The molecule has 0 saturated heterocycles. The molecule has 0 heterocycles. The van der Waals surface area contributed by atoms with Crippen LogP contribution in [0.4, 0.5) is 0 Å². The van der Waals surface area contributed by atoms with Crippen molar-refractivity contribution >= 4 is 16.6 Å². The van der Waals surface area contributed by atoms with Crippen LogP contribution in [0.25, 0.3) is 10.8 Å². The number of benzene rings is 2. The van der Waals surface area contributed by atoms with E-state index in [1.807, 2.05) is 13.8 Å². The van der Waals surface area contributed by atoms with Crippen molar-refractivity contribution in [3.05, 3.63) is 46.0 Å². The van der Waals surface area contributed by atoms with Crippen LogP contribution in [0, 0.1) is 27.7 Å². The number of Topliss-reactive ketones (excluding diaryl/α,β-unsaturated/α-hetero) is 1. The van der Waals surface area contributed by atoms with E-state index in [1.54, 1.807) is 6.92 Å².